The zero-order valence-corrected chi connectivity index (χ0v) is 14.9. The van der Waals surface area contributed by atoms with Gasteiger partial charge in [-0.3, -0.25) is 4.79 Å². The van der Waals surface area contributed by atoms with Gasteiger partial charge in [0.15, 0.2) is 6.10 Å². The van der Waals surface area contributed by atoms with E-state index in [1.165, 1.54) is 0 Å². The van der Waals surface area contributed by atoms with Gasteiger partial charge in [0.1, 0.15) is 0 Å². The van der Waals surface area contributed by atoms with Crippen molar-refractivity contribution in [2.75, 3.05) is 4.90 Å². The summed E-state index contributed by atoms with van der Waals surface area (Å²) in [5.74, 6) is -0.653. The fourth-order valence-electron chi connectivity index (χ4n) is 3.25. The van der Waals surface area contributed by atoms with Gasteiger partial charge in [-0.05, 0) is 56.0 Å². The number of hydrogen-bond donors (Lipinski definition) is 0. The molecule has 0 aliphatic carbocycles. The zero-order chi connectivity index (χ0) is 18.0. The summed E-state index contributed by atoms with van der Waals surface area (Å²) in [7, 11) is 0. The van der Waals surface area contributed by atoms with Crippen molar-refractivity contribution in [3.63, 3.8) is 0 Å². The standard InChI is InChI=1S/C21H23NO3/c1-4-16-9-11-17(12-10-16)21(24)25-15(3)20(23)22-14(2)13-18-7-5-6-8-19(18)22/h5-12,14-15H,4,13H2,1-3H3/t14-,15+/m0/s1. The Morgan fingerprint density at radius 1 is 1.16 bits per heavy atom. The molecular weight excluding hydrogens is 314 g/mol. The Hall–Kier alpha value is -2.62. The Morgan fingerprint density at radius 3 is 2.52 bits per heavy atom. The first-order valence-electron chi connectivity index (χ1n) is 8.72. The number of esters is 1. The Morgan fingerprint density at radius 2 is 1.84 bits per heavy atom. The maximum absolute atomic E-state index is 12.8. The smallest absolute Gasteiger partial charge is 0.338 e. The van der Waals surface area contributed by atoms with E-state index in [9.17, 15) is 9.59 Å². The molecule has 1 aliphatic heterocycles. The van der Waals surface area contributed by atoms with Crippen LogP contribution in [0.25, 0.3) is 0 Å². The maximum Gasteiger partial charge on any atom is 0.338 e. The zero-order valence-electron chi connectivity index (χ0n) is 14.9. The molecule has 0 radical (unpaired) electrons. The van der Waals surface area contributed by atoms with Crippen molar-refractivity contribution in [1.29, 1.82) is 0 Å². The average Bonchev–Trinajstić information content (AvgIpc) is 2.96. The van der Waals surface area contributed by atoms with E-state index < -0.39 is 12.1 Å². The molecule has 2 aromatic carbocycles. The van der Waals surface area contributed by atoms with E-state index in [4.69, 9.17) is 4.74 Å². The average molecular weight is 337 g/mol. The minimum atomic E-state index is -0.827. The number of carbonyl (C=O) groups is 2. The summed E-state index contributed by atoms with van der Waals surface area (Å²) in [5, 5.41) is 0. The molecule has 25 heavy (non-hydrogen) atoms. The van der Waals surface area contributed by atoms with Crippen molar-refractivity contribution in [3.05, 3.63) is 65.2 Å². The van der Waals surface area contributed by atoms with Crippen LogP contribution in [-0.2, 0) is 22.4 Å². The molecule has 0 unspecified atom stereocenters. The van der Waals surface area contributed by atoms with Crippen LogP contribution in [0.4, 0.5) is 5.69 Å². The minimum absolute atomic E-state index is 0.0647. The van der Waals surface area contributed by atoms with Gasteiger partial charge < -0.3 is 9.64 Å². The van der Waals surface area contributed by atoms with E-state index in [1.54, 1.807) is 24.0 Å². The number of anilines is 1. The molecule has 4 nitrogen and oxygen atoms in total. The highest BCUT2D eigenvalue weighted by molar-refractivity contribution is 6.00. The van der Waals surface area contributed by atoms with Crippen molar-refractivity contribution in [1.82, 2.24) is 0 Å². The number of benzene rings is 2. The van der Waals surface area contributed by atoms with E-state index in [-0.39, 0.29) is 11.9 Å². The number of fused-ring (bicyclic) bond motifs is 1. The van der Waals surface area contributed by atoms with Crippen molar-refractivity contribution in [2.24, 2.45) is 0 Å². The van der Waals surface area contributed by atoms with E-state index in [1.807, 2.05) is 43.3 Å². The molecule has 0 fully saturated rings. The highest BCUT2D eigenvalue weighted by atomic mass is 16.5. The van der Waals surface area contributed by atoms with Crippen LogP contribution in [0.5, 0.6) is 0 Å². The fraction of sp³-hybridized carbons (Fsp3) is 0.333. The van der Waals surface area contributed by atoms with E-state index in [0.717, 1.165) is 29.7 Å². The largest absolute Gasteiger partial charge is 0.449 e. The molecule has 0 aromatic heterocycles. The number of amides is 1. The topological polar surface area (TPSA) is 46.6 Å². The Balaban J connectivity index is 1.71. The van der Waals surface area contributed by atoms with E-state index in [2.05, 4.69) is 6.92 Å². The molecule has 1 heterocycles. The molecule has 4 heteroatoms. The fourth-order valence-corrected chi connectivity index (χ4v) is 3.25. The summed E-state index contributed by atoms with van der Waals surface area (Å²) in [5.41, 5.74) is 3.68. The number of aryl methyl sites for hydroxylation is 1. The lowest BCUT2D eigenvalue weighted by Gasteiger charge is -2.26. The summed E-state index contributed by atoms with van der Waals surface area (Å²) in [6.07, 6.45) is 0.907. The highest BCUT2D eigenvalue weighted by Crippen LogP contribution is 2.32. The first-order chi connectivity index (χ1) is 12.0. The van der Waals surface area contributed by atoms with Gasteiger partial charge in [-0.25, -0.2) is 4.79 Å². The first kappa shape index (κ1) is 17.2. The van der Waals surface area contributed by atoms with Crippen molar-refractivity contribution in [2.45, 2.75) is 45.8 Å². The molecule has 2 aromatic rings. The second kappa shape index (κ2) is 7.09. The molecule has 1 amide bonds. The van der Waals surface area contributed by atoms with Crippen molar-refractivity contribution < 1.29 is 14.3 Å². The van der Waals surface area contributed by atoms with Gasteiger partial charge in [0.05, 0.1) is 5.56 Å². The number of para-hydroxylation sites is 1. The number of ether oxygens (including phenoxy) is 1. The number of rotatable bonds is 4. The minimum Gasteiger partial charge on any atom is -0.449 e. The van der Waals surface area contributed by atoms with Gasteiger partial charge >= 0.3 is 5.97 Å². The molecule has 0 saturated heterocycles. The van der Waals surface area contributed by atoms with Crippen LogP contribution in [0.2, 0.25) is 0 Å². The summed E-state index contributed by atoms with van der Waals surface area (Å²) >= 11 is 0. The third-order valence-electron chi connectivity index (χ3n) is 4.67. The van der Waals surface area contributed by atoms with Crippen LogP contribution in [0.15, 0.2) is 48.5 Å². The third-order valence-corrected chi connectivity index (χ3v) is 4.67. The molecule has 0 bridgehead atoms. The van der Waals surface area contributed by atoms with E-state index in [0.29, 0.717) is 5.56 Å². The SMILES string of the molecule is CCc1ccc(C(=O)O[C@H](C)C(=O)N2c3ccccc3C[C@@H]2C)cc1. The van der Waals surface area contributed by atoms with Crippen molar-refractivity contribution in [3.8, 4) is 0 Å². The molecule has 1 aliphatic rings. The van der Waals surface area contributed by atoms with Gasteiger partial charge in [-0.2, -0.15) is 0 Å². The lowest BCUT2D eigenvalue weighted by Crippen LogP contribution is -2.43. The van der Waals surface area contributed by atoms with Crippen LogP contribution in [-0.4, -0.2) is 24.0 Å². The van der Waals surface area contributed by atoms with Gasteiger partial charge in [0.25, 0.3) is 5.91 Å². The van der Waals surface area contributed by atoms with Gasteiger partial charge in [0, 0.05) is 11.7 Å². The molecule has 2 atom stereocenters. The van der Waals surface area contributed by atoms with E-state index >= 15 is 0 Å². The van der Waals surface area contributed by atoms with Crippen LogP contribution in [0, 0.1) is 0 Å². The monoisotopic (exact) mass is 337 g/mol. The Labute approximate surface area is 148 Å². The Bertz CT molecular complexity index is 782. The van der Waals surface area contributed by atoms with Gasteiger partial charge in [-0.1, -0.05) is 37.3 Å². The molecule has 3 rings (SSSR count). The Kier molecular flexibility index (Phi) is 4.88. The summed E-state index contributed by atoms with van der Waals surface area (Å²) < 4.78 is 5.42. The number of nitrogens with zero attached hydrogens (tertiary/aromatic N) is 1. The maximum atomic E-state index is 12.8. The van der Waals surface area contributed by atoms with Gasteiger partial charge in [-0.15, -0.1) is 0 Å². The van der Waals surface area contributed by atoms with Crippen LogP contribution < -0.4 is 4.90 Å². The normalized spacial score (nSPS) is 17.1. The second-order valence-corrected chi connectivity index (χ2v) is 6.49. The summed E-state index contributed by atoms with van der Waals surface area (Å²) in [6, 6.07) is 15.2. The predicted octanol–water partition coefficient (Wildman–Crippen LogP) is 3.77. The van der Waals surface area contributed by atoms with Crippen LogP contribution in [0.3, 0.4) is 0 Å². The molecule has 0 spiro atoms. The highest BCUT2D eigenvalue weighted by Gasteiger charge is 2.34. The third kappa shape index (κ3) is 3.43. The molecule has 0 N–H and O–H groups in total. The summed E-state index contributed by atoms with van der Waals surface area (Å²) in [6.45, 7) is 5.70. The van der Waals surface area contributed by atoms with Crippen molar-refractivity contribution >= 4 is 17.6 Å². The number of hydrogen-bond acceptors (Lipinski definition) is 3. The van der Waals surface area contributed by atoms with Gasteiger partial charge in [0.2, 0.25) is 0 Å². The second-order valence-electron chi connectivity index (χ2n) is 6.49. The lowest BCUT2D eigenvalue weighted by molar-refractivity contribution is -0.126. The molecule has 0 saturated carbocycles. The first-order valence-corrected chi connectivity index (χ1v) is 8.72. The van der Waals surface area contributed by atoms with Crippen LogP contribution >= 0.6 is 0 Å². The quantitative estimate of drug-likeness (QED) is 0.798. The lowest BCUT2D eigenvalue weighted by atomic mass is 10.1. The molecular formula is C21H23NO3. The number of carbonyl (C=O) groups excluding carboxylic acids is 2. The summed E-state index contributed by atoms with van der Waals surface area (Å²) in [4.78, 5) is 26.9. The van der Waals surface area contributed by atoms with Crippen LogP contribution in [0.1, 0.15) is 42.3 Å². The molecule has 130 valence electrons. The predicted molar refractivity (Wildman–Crippen MR) is 97.8 cm³/mol.